The highest BCUT2D eigenvalue weighted by Crippen LogP contribution is 2.15. The summed E-state index contributed by atoms with van der Waals surface area (Å²) in [6, 6.07) is 0. The van der Waals surface area contributed by atoms with Gasteiger partial charge in [-0.2, -0.15) is 0 Å². The predicted octanol–water partition coefficient (Wildman–Crippen LogP) is 1.91. The van der Waals surface area contributed by atoms with Crippen LogP contribution < -0.4 is 5.32 Å². The van der Waals surface area contributed by atoms with Gasteiger partial charge in [0.2, 0.25) is 5.13 Å². The lowest BCUT2D eigenvalue weighted by atomic mass is 10.5. The summed E-state index contributed by atoms with van der Waals surface area (Å²) in [5.41, 5.74) is 0. The van der Waals surface area contributed by atoms with Gasteiger partial charge in [-0.1, -0.05) is 18.3 Å². The maximum atomic E-state index is 5.39. The smallest absolute Gasteiger partial charge is 0.205 e. The molecule has 6 heteroatoms. The number of ether oxygens (including phenoxy) is 2. The molecule has 0 saturated carbocycles. The number of hydrogen-bond acceptors (Lipinski definition) is 6. The van der Waals surface area contributed by atoms with E-state index in [1.807, 2.05) is 6.92 Å². The first-order valence-electron chi connectivity index (χ1n) is 5.58. The first-order valence-corrected chi connectivity index (χ1v) is 6.40. The topological polar surface area (TPSA) is 56.3 Å². The summed E-state index contributed by atoms with van der Waals surface area (Å²) in [5, 5.41) is 13.0. The third kappa shape index (κ3) is 5.39. The van der Waals surface area contributed by atoms with Crippen LogP contribution in [0.15, 0.2) is 0 Å². The quantitative estimate of drug-likeness (QED) is 0.674. The highest BCUT2D eigenvalue weighted by molar-refractivity contribution is 7.15. The number of nitrogens with zero attached hydrogens (tertiary/aromatic N) is 2. The van der Waals surface area contributed by atoms with Crippen molar-refractivity contribution in [2.45, 2.75) is 26.9 Å². The van der Waals surface area contributed by atoms with Gasteiger partial charge >= 0.3 is 0 Å². The molecule has 0 atom stereocenters. The van der Waals surface area contributed by atoms with E-state index in [1.54, 1.807) is 0 Å². The molecule has 1 N–H and O–H groups in total. The predicted molar refractivity (Wildman–Crippen MR) is 64.8 cm³/mol. The average Bonchev–Trinajstić information content (AvgIpc) is 2.74. The van der Waals surface area contributed by atoms with E-state index in [-0.39, 0.29) is 0 Å². The summed E-state index contributed by atoms with van der Waals surface area (Å²) in [4.78, 5) is 0. The number of rotatable bonds is 9. The molecule has 0 aromatic carbocycles. The van der Waals surface area contributed by atoms with E-state index < -0.39 is 0 Å². The van der Waals surface area contributed by atoms with Crippen molar-refractivity contribution in [2.75, 3.05) is 31.7 Å². The molecule has 1 aromatic heterocycles. The summed E-state index contributed by atoms with van der Waals surface area (Å²) >= 11 is 1.54. The number of aromatic nitrogens is 2. The van der Waals surface area contributed by atoms with Gasteiger partial charge in [-0.15, -0.1) is 10.2 Å². The van der Waals surface area contributed by atoms with Crippen molar-refractivity contribution in [3.63, 3.8) is 0 Å². The van der Waals surface area contributed by atoms with Crippen molar-refractivity contribution >= 4 is 16.5 Å². The van der Waals surface area contributed by atoms with Gasteiger partial charge in [0.15, 0.2) is 0 Å². The Morgan fingerprint density at radius 2 is 2.00 bits per heavy atom. The van der Waals surface area contributed by atoms with E-state index in [4.69, 9.17) is 9.47 Å². The van der Waals surface area contributed by atoms with Crippen molar-refractivity contribution in [3.05, 3.63) is 5.01 Å². The molecule has 0 aliphatic rings. The molecule has 1 aromatic rings. The molecule has 1 heterocycles. The van der Waals surface area contributed by atoms with Crippen molar-refractivity contribution < 1.29 is 9.47 Å². The Labute approximate surface area is 100 Å². The molecule has 0 fully saturated rings. The van der Waals surface area contributed by atoms with Crippen LogP contribution in [0.4, 0.5) is 5.13 Å². The molecule has 0 bridgehead atoms. The maximum Gasteiger partial charge on any atom is 0.205 e. The molecular weight excluding hydrogens is 226 g/mol. The molecule has 0 aliphatic heterocycles. The van der Waals surface area contributed by atoms with Crippen LogP contribution in [0.2, 0.25) is 0 Å². The Morgan fingerprint density at radius 3 is 2.75 bits per heavy atom. The van der Waals surface area contributed by atoms with E-state index in [0.29, 0.717) is 19.8 Å². The highest BCUT2D eigenvalue weighted by atomic mass is 32.1. The minimum Gasteiger partial charge on any atom is -0.379 e. The molecule has 1 rings (SSSR count). The zero-order chi connectivity index (χ0) is 11.6. The lowest BCUT2D eigenvalue weighted by Gasteiger charge is -2.01. The number of nitrogens with one attached hydrogen (secondary N) is 1. The highest BCUT2D eigenvalue weighted by Gasteiger charge is 2.02. The van der Waals surface area contributed by atoms with E-state index in [2.05, 4.69) is 22.4 Å². The standard InChI is InChI=1S/C10H19N3O2S/c1-3-5-11-10-13-12-9(16-10)8-15-7-6-14-4-2/h3-8H2,1-2H3,(H,11,13). The van der Waals surface area contributed by atoms with Gasteiger partial charge in [-0.25, -0.2) is 0 Å². The monoisotopic (exact) mass is 245 g/mol. The number of anilines is 1. The van der Waals surface area contributed by atoms with E-state index in [1.165, 1.54) is 11.3 Å². The SMILES string of the molecule is CCCNc1nnc(COCCOCC)s1. The van der Waals surface area contributed by atoms with Gasteiger partial charge in [0, 0.05) is 13.2 Å². The van der Waals surface area contributed by atoms with Gasteiger partial charge in [0.05, 0.1) is 13.2 Å². The maximum absolute atomic E-state index is 5.39. The second kappa shape index (κ2) is 8.43. The third-order valence-electron chi connectivity index (χ3n) is 1.79. The van der Waals surface area contributed by atoms with Crippen LogP contribution in [0, 0.1) is 0 Å². The van der Waals surface area contributed by atoms with Crippen LogP contribution in [0.5, 0.6) is 0 Å². The summed E-state index contributed by atoms with van der Waals surface area (Å²) < 4.78 is 10.6. The Morgan fingerprint density at radius 1 is 1.19 bits per heavy atom. The van der Waals surface area contributed by atoms with Gasteiger partial charge < -0.3 is 14.8 Å². The van der Waals surface area contributed by atoms with Gasteiger partial charge in [0.1, 0.15) is 11.6 Å². The van der Waals surface area contributed by atoms with Crippen molar-refractivity contribution in [1.82, 2.24) is 10.2 Å². The van der Waals surface area contributed by atoms with E-state index >= 15 is 0 Å². The molecule has 0 unspecified atom stereocenters. The lowest BCUT2D eigenvalue weighted by molar-refractivity contribution is 0.0450. The molecule has 0 amide bonds. The molecule has 0 spiro atoms. The zero-order valence-corrected chi connectivity index (χ0v) is 10.7. The fourth-order valence-electron chi connectivity index (χ4n) is 1.04. The second-order valence-electron chi connectivity index (χ2n) is 3.18. The van der Waals surface area contributed by atoms with Crippen molar-refractivity contribution in [3.8, 4) is 0 Å². The second-order valence-corrected chi connectivity index (χ2v) is 4.24. The van der Waals surface area contributed by atoms with Crippen molar-refractivity contribution in [1.29, 1.82) is 0 Å². The Hall–Kier alpha value is -0.720. The van der Waals surface area contributed by atoms with E-state index in [9.17, 15) is 0 Å². The molecule has 0 radical (unpaired) electrons. The van der Waals surface area contributed by atoms with Crippen LogP contribution in [0.3, 0.4) is 0 Å². The zero-order valence-electron chi connectivity index (χ0n) is 9.86. The van der Waals surface area contributed by atoms with Crippen LogP contribution in [-0.2, 0) is 16.1 Å². The molecule has 0 aliphatic carbocycles. The normalized spacial score (nSPS) is 10.6. The Balaban J connectivity index is 2.14. The molecule has 92 valence electrons. The molecule has 16 heavy (non-hydrogen) atoms. The summed E-state index contributed by atoms with van der Waals surface area (Å²) in [6.07, 6.45) is 1.08. The van der Waals surface area contributed by atoms with Gasteiger partial charge in [0.25, 0.3) is 0 Å². The van der Waals surface area contributed by atoms with Crippen LogP contribution >= 0.6 is 11.3 Å². The Bertz CT molecular complexity index is 281. The molecule has 5 nitrogen and oxygen atoms in total. The number of hydrogen-bond donors (Lipinski definition) is 1. The van der Waals surface area contributed by atoms with Crippen molar-refractivity contribution in [2.24, 2.45) is 0 Å². The van der Waals surface area contributed by atoms with Crippen LogP contribution in [-0.4, -0.2) is 36.6 Å². The first kappa shape index (κ1) is 13.3. The fourth-order valence-corrected chi connectivity index (χ4v) is 1.74. The Kier molecular flexibility index (Phi) is 7.03. The summed E-state index contributed by atoms with van der Waals surface area (Å²) in [5.74, 6) is 0. The molecule has 0 saturated heterocycles. The summed E-state index contributed by atoms with van der Waals surface area (Å²) in [7, 11) is 0. The lowest BCUT2D eigenvalue weighted by Crippen LogP contribution is -2.03. The fraction of sp³-hybridized carbons (Fsp3) is 0.800. The largest absolute Gasteiger partial charge is 0.379 e. The summed E-state index contributed by atoms with van der Waals surface area (Å²) in [6.45, 7) is 7.50. The average molecular weight is 245 g/mol. The first-order chi connectivity index (χ1) is 7.86. The van der Waals surface area contributed by atoms with Crippen LogP contribution in [0.1, 0.15) is 25.3 Å². The van der Waals surface area contributed by atoms with Gasteiger partial charge in [-0.3, -0.25) is 0 Å². The van der Waals surface area contributed by atoms with Crippen LogP contribution in [0.25, 0.3) is 0 Å². The van der Waals surface area contributed by atoms with E-state index in [0.717, 1.165) is 29.7 Å². The minimum atomic E-state index is 0.512. The minimum absolute atomic E-state index is 0.512. The van der Waals surface area contributed by atoms with Gasteiger partial charge in [-0.05, 0) is 13.3 Å². The molecular formula is C10H19N3O2S. The third-order valence-corrected chi connectivity index (χ3v) is 2.65.